The summed E-state index contributed by atoms with van der Waals surface area (Å²) in [6.07, 6.45) is 0. The molecule has 270 valence electrons. The standard InChI is InChI=1S/C53H36N2S2/c56-51-35-50-52(57-53(54-50)40-19-8-3-9-20-40)34-49(51)41-22-12-23-43(32-41)55(42-28-26-37(27-29-42)36-14-4-1-5-15-36)44-30-31-47(48(33-44)39-16-6-2-7-17-39)46-25-13-21-38-18-10-11-24-45(38)46/h1-35,56H. The van der Waals surface area contributed by atoms with Crippen LogP contribution in [0.25, 0.3) is 76.1 Å². The second kappa shape index (κ2) is 15.1. The predicted molar refractivity (Wildman–Crippen MR) is 246 cm³/mol. The van der Waals surface area contributed by atoms with Crippen molar-refractivity contribution < 1.29 is 0 Å². The first-order chi connectivity index (χ1) is 28.2. The molecule has 1 heterocycles. The minimum atomic E-state index is 0.897. The number of hydrogen-bond donors (Lipinski definition) is 1. The van der Waals surface area contributed by atoms with Crippen LogP contribution < -0.4 is 4.90 Å². The quantitative estimate of drug-likeness (QED) is 0.155. The largest absolute Gasteiger partial charge is 0.310 e. The van der Waals surface area contributed by atoms with Crippen LogP contribution in [0.2, 0.25) is 0 Å². The zero-order valence-corrected chi connectivity index (χ0v) is 32.7. The molecule has 0 aliphatic carbocycles. The van der Waals surface area contributed by atoms with Gasteiger partial charge < -0.3 is 4.90 Å². The van der Waals surface area contributed by atoms with Gasteiger partial charge in [0.05, 0.1) is 10.2 Å². The second-order valence-electron chi connectivity index (χ2n) is 14.1. The molecule has 4 heteroatoms. The van der Waals surface area contributed by atoms with Crippen molar-refractivity contribution in [2.24, 2.45) is 0 Å². The molecule has 10 rings (SSSR count). The van der Waals surface area contributed by atoms with Gasteiger partial charge in [-0.1, -0.05) is 164 Å². The second-order valence-corrected chi connectivity index (χ2v) is 15.7. The molecule has 0 radical (unpaired) electrons. The normalized spacial score (nSPS) is 11.2. The molecule has 2 nitrogen and oxygen atoms in total. The minimum absolute atomic E-state index is 0.897. The smallest absolute Gasteiger partial charge is 0.124 e. The molecular formula is C53H36N2S2. The Balaban J connectivity index is 1.13. The van der Waals surface area contributed by atoms with Gasteiger partial charge in [-0.25, -0.2) is 4.98 Å². The summed E-state index contributed by atoms with van der Waals surface area (Å²) in [6.45, 7) is 0. The van der Waals surface area contributed by atoms with Crippen molar-refractivity contribution in [1.82, 2.24) is 4.98 Å². The Morgan fingerprint density at radius 2 is 0.982 bits per heavy atom. The number of benzene rings is 9. The summed E-state index contributed by atoms with van der Waals surface area (Å²) >= 11 is 6.75. The van der Waals surface area contributed by atoms with Gasteiger partial charge in [-0.15, -0.1) is 24.0 Å². The van der Waals surface area contributed by atoms with E-state index in [1.807, 2.05) is 6.07 Å². The van der Waals surface area contributed by atoms with E-state index in [2.05, 4.69) is 211 Å². The van der Waals surface area contributed by atoms with Crippen molar-refractivity contribution in [3.63, 3.8) is 0 Å². The van der Waals surface area contributed by atoms with Gasteiger partial charge in [0.2, 0.25) is 0 Å². The van der Waals surface area contributed by atoms with Crippen molar-refractivity contribution in [1.29, 1.82) is 0 Å². The zero-order valence-electron chi connectivity index (χ0n) is 31.0. The lowest BCUT2D eigenvalue weighted by Gasteiger charge is -2.27. The molecule has 0 bridgehead atoms. The van der Waals surface area contributed by atoms with Crippen LogP contribution in [0.5, 0.6) is 0 Å². The maximum atomic E-state index is 5.03. The van der Waals surface area contributed by atoms with Crippen LogP contribution in [-0.4, -0.2) is 4.98 Å². The van der Waals surface area contributed by atoms with Gasteiger partial charge in [0.15, 0.2) is 0 Å². The average Bonchev–Trinajstić information content (AvgIpc) is 3.70. The maximum Gasteiger partial charge on any atom is 0.124 e. The Kier molecular flexibility index (Phi) is 9.19. The average molecular weight is 765 g/mol. The first-order valence-electron chi connectivity index (χ1n) is 19.1. The van der Waals surface area contributed by atoms with E-state index >= 15 is 0 Å². The number of fused-ring (bicyclic) bond motifs is 2. The van der Waals surface area contributed by atoms with E-state index in [1.54, 1.807) is 11.3 Å². The van der Waals surface area contributed by atoms with Crippen molar-refractivity contribution >= 4 is 62.0 Å². The Bertz CT molecular complexity index is 3010. The summed E-state index contributed by atoms with van der Waals surface area (Å²) in [5, 5.41) is 3.48. The van der Waals surface area contributed by atoms with Crippen LogP contribution in [0.3, 0.4) is 0 Å². The number of aromatic nitrogens is 1. The number of thiazole rings is 1. The highest BCUT2D eigenvalue weighted by atomic mass is 32.1. The topological polar surface area (TPSA) is 16.1 Å². The fourth-order valence-corrected chi connectivity index (χ4v) is 9.12. The van der Waals surface area contributed by atoms with E-state index in [9.17, 15) is 0 Å². The predicted octanol–water partition coefficient (Wildman–Crippen LogP) is 15.5. The molecule has 0 atom stereocenters. The van der Waals surface area contributed by atoms with E-state index in [4.69, 9.17) is 17.6 Å². The highest BCUT2D eigenvalue weighted by molar-refractivity contribution is 7.80. The Morgan fingerprint density at radius 1 is 0.386 bits per heavy atom. The third-order valence-electron chi connectivity index (χ3n) is 10.6. The molecule has 0 fully saturated rings. The fourth-order valence-electron chi connectivity index (χ4n) is 7.81. The molecule has 9 aromatic carbocycles. The van der Waals surface area contributed by atoms with Crippen LogP contribution in [0.15, 0.2) is 217 Å². The number of hydrogen-bond acceptors (Lipinski definition) is 4. The van der Waals surface area contributed by atoms with Crippen molar-refractivity contribution in [3.05, 3.63) is 212 Å². The van der Waals surface area contributed by atoms with E-state index in [0.717, 1.165) is 53.9 Å². The molecular weight excluding hydrogens is 729 g/mol. The van der Waals surface area contributed by atoms with Crippen molar-refractivity contribution in [2.45, 2.75) is 4.90 Å². The van der Waals surface area contributed by atoms with E-state index < -0.39 is 0 Å². The molecule has 0 aliphatic heterocycles. The van der Waals surface area contributed by atoms with Gasteiger partial charge in [-0.2, -0.15) is 0 Å². The highest BCUT2D eigenvalue weighted by Gasteiger charge is 2.19. The third kappa shape index (κ3) is 6.80. The Labute approximate surface area is 342 Å². The number of nitrogens with zero attached hydrogens (tertiary/aromatic N) is 2. The Morgan fingerprint density at radius 3 is 1.75 bits per heavy atom. The maximum absolute atomic E-state index is 5.03. The van der Waals surface area contributed by atoms with Gasteiger partial charge in [0.25, 0.3) is 0 Å². The molecule has 0 N–H and O–H groups in total. The fraction of sp³-hybridized carbons (Fsp3) is 0. The lowest BCUT2D eigenvalue weighted by molar-refractivity contribution is 1.28. The SMILES string of the molecule is Sc1cc2nc(-c3ccccc3)sc2cc1-c1cccc(N(c2ccc(-c3ccccc3)cc2)c2ccc(-c3cccc4ccccc34)c(-c3ccccc3)c2)c1. The molecule has 10 aromatic rings. The van der Waals surface area contributed by atoms with Gasteiger partial charge in [0.1, 0.15) is 5.01 Å². The number of thiol groups is 1. The first-order valence-corrected chi connectivity index (χ1v) is 20.4. The number of rotatable bonds is 8. The van der Waals surface area contributed by atoms with Crippen LogP contribution in [0.4, 0.5) is 17.1 Å². The minimum Gasteiger partial charge on any atom is -0.310 e. The van der Waals surface area contributed by atoms with E-state index in [0.29, 0.717) is 0 Å². The summed E-state index contributed by atoms with van der Waals surface area (Å²) in [5.41, 5.74) is 14.6. The summed E-state index contributed by atoms with van der Waals surface area (Å²) < 4.78 is 1.14. The first kappa shape index (κ1) is 34.7. The van der Waals surface area contributed by atoms with Gasteiger partial charge in [-0.3, -0.25) is 0 Å². The molecule has 57 heavy (non-hydrogen) atoms. The lowest BCUT2D eigenvalue weighted by Crippen LogP contribution is -2.10. The van der Waals surface area contributed by atoms with Crippen LogP contribution >= 0.6 is 24.0 Å². The summed E-state index contributed by atoms with van der Waals surface area (Å²) in [5.74, 6) is 0. The van der Waals surface area contributed by atoms with Crippen molar-refractivity contribution in [2.75, 3.05) is 4.90 Å². The highest BCUT2D eigenvalue weighted by Crippen LogP contribution is 2.44. The van der Waals surface area contributed by atoms with Crippen LogP contribution in [0.1, 0.15) is 0 Å². The molecule has 0 aliphatic rings. The summed E-state index contributed by atoms with van der Waals surface area (Å²) in [7, 11) is 0. The van der Waals surface area contributed by atoms with Crippen LogP contribution in [0, 0.1) is 0 Å². The molecule has 0 spiro atoms. The summed E-state index contributed by atoms with van der Waals surface area (Å²) in [6, 6.07) is 75.9. The molecule has 0 amide bonds. The Hall–Kier alpha value is -6.72. The van der Waals surface area contributed by atoms with E-state index in [-0.39, 0.29) is 0 Å². The van der Waals surface area contributed by atoms with Gasteiger partial charge >= 0.3 is 0 Å². The van der Waals surface area contributed by atoms with E-state index in [1.165, 1.54) is 44.2 Å². The van der Waals surface area contributed by atoms with Gasteiger partial charge in [0, 0.05) is 27.5 Å². The lowest BCUT2D eigenvalue weighted by atomic mass is 9.90. The monoisotopic (exact) mass is 764 g/mol. The van der Waals surface area contributed by atoms with Crippen LogP contribution in [-0.2, 0) is 0 Å². The third-order valence-corrected chi connectivity index (χ3v) is 12.0. The molecule has 0 unspecified atom stereocenters. The molecule has 0 saturated heterocycles. The molecule has 0 saturated carbocycles. The molecule has 1 aromatic heterocycles. The summed E-state index contributed by atoms with van der Waals surface area (Å²) in [4.78, 5) is 8.24. The van der Waals surface area contributed by atoms with Crippen molar-refractivity contribution in [3.8, 4) is 55.1 Å². The van der Waals surface area contributed by atoms with Gasteiger partial charge in [-0.05, 0) is 104 Å². The number of anilines is 3. The zero-order chi connectivity index (χ0) is 38.1.